The summed E-state index contributed by atoms with van der Waals surface area (Å²) in [7, 11) is 1.88. The van der Waals surface area contributed by atoms with Crippen LogP contribution in [-0.2, 0) is 11.2 Å². The maximum Gasteiger partial charge on any atom is 0.144 e. The number of hydrogen-bond donors (Lipinski definition) is 1. The van der Waals surface area contributed by atoms with Crippen molar-refractivity contribution >= 4 is 21.7 Å². The molecule has 0 bridgehead atoms. The fraction of sp³-hybridized carbons (Fsp3) is 0.692. The smallest absolute Gasteiger partial charge is 0.144 e. The minimum Gasteiger partial charge on any atom is -0.378 e. The Balaban J connectivity index is 2.26. The number of ether oxygens (including phenoxy) is 1. The van der Waals surface area contributed by atoms with Crippen molar-refractivity contribution in [2.45, 2.75) is 45.1 Å². The molecule has 0 amide bonds. The molecule has 2 rings (SSSR count). The molecule has 2 heterocycles. The first-order chi connectivity index (χ1) is 8.61. The molecule has 4 nitrogen and oxygen atoms in total. The lowest BCUT2D eigenvalue weighted by Crippen LogP contribution is -2.14. The highest BCUT2D eigenvalue weighted by Gasteiger charge is 2.20. The third-order valence-electron chi connectivity index (χ3n) is 3.14. The highest BCUT2D eigenvalue weighted by Crippen LogP contribution is 2.29. The SMILES string of the molecule is CNc1nc(CC2CCCO2)nc(C(C)C)c1Br. The molecule has 1 atom stereocenters. The van der Waals surface area contributed by atoms with Crippen molar-refractivity contribution in [2.75, 3.05) is 19.0 Å². The van der Waals surface area contributed by atoms with Gasteiger partial charge in [0.25, 0.3) is 0 Å². The first-order valence-electron chi connectivity index (χ1n) is 6.47. The largest absolute Gasteiger partial charge is 0.378 e. The number of halogens is 1. The second kappa shape index (κ2) is 5.97. The van der Waals surface area contributed by atoms with E-state index in [1.807, 2.05) is 7.05 Å². The lowest BCUT2D eigenvalue weighted by atomic mass is 10.1. The van der Waals surface area contributed by atoms with Crippen molar-refractivity contribution in [3.8, 4) is 0 Å². The summed E-state index contributed by atoms with van der Waals surface area (Å²) >= 11 is 3.57. The minimum atomic E-state index is 0.288. The summed E-state index contributed by atoms with van der Waals surface area (Å²) in [5.41, 5.74) is 1.06. The van der Waals surface area contributed by atoms with Gasteiger partial charge >= 0.3 is 0 Å². The second-order valence-electron chi connectivity index (χ2n) is 4.93. The number of nitrogens with one attached hydrogen (secondary N) is 1. The molecule has 1 unspecified atom stereocenters. The molecule has 5 heteroatoms. The monoisotopic (exact) mass is 313 g/mol. The Morgan fingerprint density at radius 3 is 2.78 bits per heavy atom. The molecule has 1 fully saturated rings. The van der Waals surface area contributed by atoms with E-state index in [1.165, 1.54) is 0 Å². The number of nitrogens with zero attached hydrogens (tertiary/aromatic N) is 2. The molecule has 1 aliphatic heterocycles. The Kier molecular flexibility index (Phi) is 4.56. The molecule has 0 radical (unpaired) electrons. The first kappa shape index (κ1) is 13.7. The van der Waals surface area contributed by atoms with Crippen molar-refractivity contribution in [1.82, 2.24) is 9.97 Å². The van der Waals surface area contributed by atoms with Gasteiger partial charge in [-0.05, 0) is 34.7 Å². The van der Waals surface area contributed by atoms with Gasteiger partial charge in [-0.2, -0.15) is 0 Å². The van der Waals surface area contributed by atoms with E-state index in [4.69, 9.17) is 4.74 Å². The van der Waals surface area contributed by atoms with Crippen molar-refractivity contribution in [1.29, 1.82) is 0 Å². The standard InChI is InChI=1S/C13H20BrN3O/c1-8(2)12-11(14)13(15-3)17-10(16-12)7-9-5-4-6-18-9/h8-9H,4-7H2,1-3H3,(H,15,16,17). The number of aromatic nitrogens is 2. The molecule has 0 saturated carbocycles. The Labute approximate surface area is 117 Å². The van der Waals surface area contributed by atoms with E-state index in [-0.39, 0.29) is 6.10 Å². The van der Waals surface area contributed by atoms with Crippen LogP contribution in [0.3, 0.4) is 0 Å². The molecule has 18 heavy (non-hydrogen) atoms. The molecule has 0 aromatic carbocycles. The van der Waals surface area contributed by atoms with Crippen molar-refractivity contribution in [3.63, 3.8) is 0 Å². The molecule has 1 aliphatic rings. The fourth-order valence-electron chi connectivity index (χ4n) is 2.16. The fourth-order valence-corrected chi connectivity index (χ4v) is 2.99. The van der Waals surface area contributed by atoms with Crippen LogP contribution in [0.15, 0.2) is 4.47 Å². The van der Waals surface area contributed by atoms with Gasteiger partial charge in [0, 0.05) is 20.1 Å². The first-order valence-corrected chi connectivity index (χ1v) is 7.26. The number of anilines is 1. The molecule has 100 valence electrons. The van der Waals surface area contributed by atoms with Crippen LogP contribution < -0.4 is 5.32 Å². The Morgan fingerprint density at radius 2 is 2.22 bits per heavy atom. The summed E-state index contributed by atoms with van der Waals surface area (Å²) in [4.78, 5) is 9.21. The van der Waals surface area contributed by atoms with E-state index >= 15 is 0 Å². The zero-order valence-corrected chi connectivity index (χ0v) is 12.7. The molecular weight excluding hydrogens is 294 g/mol. The van der Waals surface area contributed by atoms with Crippen LogP contribution in [0.4, 0.5) is 5.82 Å². The summed E-state index contributed by atoms with van der Waals surface area (Å²) in [6.45, 7) is 5.15. The summed E-state index contributed by atoms with van der Waals surface area (Å²) in [5.74, 6) is 2.11. The van der Waals surface area contributed by atoms with E-state index in [0.717, 1.165) is 47.7 Å². The average molecular weight is 314 g/mol. The van der Waals surface area contributed by atoms with Crippen molar-refractivity contribution in [3.05, 3.63) is 16.0 Å². The molecular formula is C13H20BrN3O. The Morgan fingerprint density at radius 1 is 1.44 bits per heavy atom. The third kappa shape index (κ3) is 3.01. The summed E-state index contributed by atoms with van der Waals surface area (Å²) in [6.07, 6.45) is 3.36. The molecule has 1 aromatic rings. The maximum atomic E-state index is 5.65. The predicted octanol–water partition coefficient (Wildman–Crippen LogP) is 3.13. The van der Waals surface area contributed by atoms with Crippen LogP contribution in [0.1, 0.15) is 44.1 Å². The topological polar surface area (TPSA) is 47.0 Å². The second-order valence-corrected chi connectivity index (χ2v) is 5.72. The molecule has 1 N–H and O–H groups in total. The van der Waals surface area contributed by atoms with Crippen LogP contribution in [0.2, 0.25) is 0 Å². The van der Waals surface area contributed by atoms with E-state index in [2.05, 4.69) is 45.1 Å². The molecule has 1 saturated heterocycles. The van der Waals surface area contributed by atoms with Crippen molar-refractivity contribution in [2.24, 2.45) is 0 Å². The van der Waals surface area contributed by atoms with Gasteiger partial charge in [0.15, 0.2) is 0 Å². The van der Waals surface area contributed by atoms with Gasteiger partial charge in [-0.15, -0.1) is 0 Å². The highest BCUT2D eigenvalue weighted by molar-refractivity contribution is 9.10. The van der Waals surface area contributed by atoms with Crippen LogP contribution in [0, 0.1) is 0 Å². The van der Waals surface area contributed by atoms with Gasteiger partial charge in [0.2, 0.25) is 0 Å². The molecule has 0 aliphatic carbocycles. The third-order valence-corrected chi connectivity index (χ3v) is 3.92. The van der Waals surface area contributed by atoms with Crippen LogP contribution in [0.5, 0.6) is 0 Å². The molecule has 0 spiro atoms. The van der Waals surface area contributed by atoms with Gasteiger partial charge in [0.1, 0.15) is 11.6 Å². The maximum absolute atomic E-state index is 5.65. The van der Waals surface area contributed by atoms with Gasteiger partial charge in [-0.1, -0.05) is 13.8 Å². The predicted molar refractivity (Wildman–Crippen MR) is 76.0 cm³/mol. The van der Waals surface area contributed by atoms with E-state index in [0.29, 0.717) is 5.92 Å². The van der Waals surface area contributed by atoms with Gasteiger partial charge in [-0.3, -0.25) is 0 Å². The summed E-state index contributed by atoms with van der Waals surface area (Å²) in [6, 6.07) is 0. The molecule has 1 aromatic heterocycles. The summed E-state index contributed by atoms with van der Waals surface area (Å²) in [5, 5.41) is 3.12. The quantitative estimate of drug-likeness (QED) is 0.927. The number of rotatable bonds is 4. The Hall–Kier alpha value is -0.680. The highest BCUT2D eigenvalue weighted by atomic mass is 79.9. The minimum absolute atomic E-state index is 0.288. The number of hydrogen-bond acceptors (Lipinski definition) is 4. The lowest BCUT2D eigenvalue weighted by Gasteiger charge is -2.15. The Bertz CT molecular complexity index is 417. The van der Waals surface area contributed by atoms with E-state index < -0.39 is 0 Å². The van der Waals surface area contributed by atoms with Crippen LogP contribution in [0.25, 0.3) is 0 Å². The van der Waals surface area contributed by atoms with E-state index in [1.54, 1.807) is 0 Å². The zero-order chi connectivity index (χ0) is 13.1. The van der Waals surface area contributed by atoms with Gasteiger partial charge in [0.05, 0.1) is 16.3 Å². The summed E-state index contributed by atoms with van der Waals surface area (Å²) < 4.78 is 6.62. The van der Waals surface area contributed by atoms with Crippen molar-refractivity contribution < 1.29 is 4.74 Å². The van der Waals surface area contributed by atoms with Gasteiger partial charge in [-0.25, -0.2) is 9.97 Å². The lowest BCUT2D eigenvalue weighted by molar-refractivity contribution is 0.110. The normalized spacial score (nSPS) is 19.5. The van der Waals surface area contributed by atoms with Gasteiger partial charge < -0.3 is 10.1 Å². The van der Waals surface area contributed by atoms with Crippen LogP contribution in [-0.4, -0.2) is 29.7 Å². The van der Waals surface area contributed by atoms with E-state index in [9.17, 15) is 0 Å². The zero-order valence-electron chi connectivity index (χ0n) is 11.2. The average Bonchev–Trinajstić information content (AvgIpc) is 2.83. The van der Waals surface area contributed by atoms with Crippen LogP contribution >= 0.6 is 15.9 Å².